The van der Waals surface area contributed by atoms with Crippen LogP contribution in [0.2, 0.25) is 5.02 Å². The van der Waals surface area contributed by atoms with Gasteiger partial charge >= 0.3 is 0 Å². The molecule has 7 heteroatoms. The van der Waals surface area contributed by atoms with Crippen LogP contribution in [-0.2, 0) is 10.0 Å². The molecule has 0 aliphatic heterocycles. The van der Waals surface area contributed by atoms with Gasteiger partial charge in [0, 0.05) is 17.3 Å². The van der Waals surface area contributed by atoms with Crippen LogP contribution in [0.3, 0.4) is 0 Å². The molecule has 2 rings (SSSR count). The number of hydrogen-bond acceptors (Lipinski definition) is 4. The first-order chi connectivity index (χ1) is 10.4. The summed E-state index contributed by atoms with van der Waals surface area (Å²) in [6.07, 6.45) is 0. The summed E-state index contributed by atoms with van der Waals surface area (Å²) in [5, 5.41) is 0.633. The van der Waals surface area contributed by atoms with Gasteiger partial charge in [0.1, 0.15) is 12.4 Å². The molecule has 0 atom stereocenters. The van der Waals surface area contributed by atoms with Gasteiger partial charge in [-0.3, -0.25) is 0 Å². The van der Waals surface area contributed by atoms with Crippen molar-refractivity contribution in [3.8, 4) is 5.75 Å². The van der Waals surface area contributed by atoms with Gasteiger partial charge < -0.3 is 10.5 Å². The minimum atomic E-state index is -3.55. The van der Waals surface area contributed by atoms with E-state index >= 15 is 0 Å². The van der Waals surface area contributed by atoms with E-state index in [1.807, 2.05) is 6.92 Å². The Morgan fingerprint density at radius 3 is 2.50 bits per heavy atom. The molecule has 118 valence electrons. The molecule has 3 N–H and O–H groups in total. The smallest absolute Gasteiger partial charge is 0.240 e. The highest BCUT2D eigenvalue weighted by Crippen LogP contribution is 2.21. The van der Waals surface area contributed by atoms with Crippen LogP contribution >= 0.6 is 11.6 Å². The van der Waals surface area contributed by atoms with Crippen molar-refractivity contribution in [3.63, 3.8) is 0 Å². The Morgan fingerprint density at radius 2 is 1.86 bits per heavy atom. The van der Waals surface area contributed by atoms with Gasteiger partial charge in [-0.25, -0.2) is 13.1 Å². The van der Waals surface area contributed by atoms with Gasteiger partial charge in [-0.2, -0.15) is 0 Å². The largest absolute Gasteiger partial charge is 0.492 e. The summed E-state index contributed by atoms with van der Waals surface area (Å²) in [5.41, 5.74) is 6.95. The van der Waals surface area contributed by atoms with Gasteiger partial charge in [0.15, 0.2) is 0 Å². The van der Waals surface area contributed by atoms with E-state index in [4.69, 9.17) is 22.1 Å². The molecule has 22 heavy (non-hydrogen) atoms. The number of benzene rings is 2. The molecule has 0 spiro atoms. The molecular weight excluding hydrogens is 324 g/mol. The average molecular weight is 341 g/mol. The van der Waals surface area contributed by atoms with Gasteiger partial charge in [-0.05, 0) is 55.0 Å². The molecule has 2 aromatic carbocycles. The van der Waals surface area contributed by atoms with E-state index in [2.05, 4.69) is 4.72 Å². The summed E-state index contributed by atoms with van der Waals surface area (Å²) in [6.45, 7) is 2.26. The van der Waals surface area contributed by atoms with Gasteiger partial charge in [-0.1, -0.05) is 11.6 Å². The Hall–Kier alpha value is -1.76. The number of anilines is 1. The Labute approximate surface area is 135 Å². The van der Waals surface area contributed by atoms with Crippen LogP contribution in [0.15, 0.2) is 47.4 Å². The first kappa shape index (κ1) is 16.6. The second-order valence-electron chi connectivity index (χ2n) is 4.73. The number of hydrogen-bond donors (Lipinski definition) is 2. The number of halogens is 1. The molecule has 2 aromatic rings. The first-order valence-electron chi connectivity index (χ1n) is 6.62. The van der Waals surface area contributed by atoms with Crippen molar-refractivity contribution in [2.24, 2.45) is 0 Å². The maximum atomic E-state index is 12.0. The number of rotatable bonds is 6. The summed E-state index contributed by atoms with van der Waals surface area (Å²) in [5.74, 6) is 0.677. The molecule has 5 nitrogen and oxygen atoms in total. The van der Waals surface area contributed by atoms with Gasteiger partial charge in [-0.15, -0.1) is 0 Å². The molecule has 0 amide bonds. The number of nitrogen functional groups attached to an aromatic ring is 1. The molecule has 0 heterocycles. The lowest BCUT2D eigenvalue weighted by Gasteiger charge is -2.10. The van der Waals surface area contributed by atoms with Crippen LogP contribution in [-0.4, -0.2) is 21.6 Å². The molecule has 0 radical (unpaired) electrons. The maximum absolute atomic E-state index is 12.0. The average Bonchev–Trinajstić information content (AvgIpc) is 2.46. The van der Waals surface area contributed by atoms with E-state index in [0.717, 1.165) is 5.56 Å². The first-order valence-corrected chi connectivity index (χ1v) is 8.49. The Bertz CT molecular complexity index is 746. The van der Waals surface area contributed by atoms with E-state index in [1.54, 1.807) is 30.3 Å². The lowest BCUT2D eigenvalue weighted by atomic mass is 10.2. The lowest BCUT2D eigenvalue weighted by Crippen LogP contribution is -2.28. The van der Waals surface area contributed by atoms with Crippen LogP contribution in [0, 0.1) is 6.92 Å². The number of aryl methyl sites for hydroxylation is 1. The van der Waals surface area contributed by atoms with Crippen molar-refractivity contribution in [2.45, 2.75) is 11.8 Å². The third-order valence-electron chi connectivity index (χ3n) is 2.98. The predicted octanol–water partition coefficient (Wildman–Crippen LogP) is 2.59. The standard InChI is InChI=1S/C15H17ClN2O3S/c1-11-10-12(16)2-7-15(11)21-9-8-18-22(19,20)14-5-3-13(17)4-6-14/h2-7,10,18H,8-9,17H2,1H3. The van der Waals surface area contributed by atoms with Crippen molar-refractivity contribution in [2.75, 3.05) is 18.9 Å². The highest BCUT2D eigenvalue weighted by molar-refractivity contribution is 7.89. The maximum Gasteiger partial charge on any atom is 0.240 e. The number of ether oxygens (including phenoxy) is 1. The number of nitrogens with two attached hydrogens (primary N) is 1. The van der Waals surface area contributed by atoms with Crippen LogP contribution in [0.5, 0.6) is 5.75 Å². The third kappa shape index (κ3) is 4.37. The van der Waals surface area contributed by atoms with Crippen LogP contribution in [0.4, 0.5) is 5.69 Å². The molecule has 0 bridgehead atoms. The monoisotopic (exact) mass is 340 g/mol. The van der Waals surface area contributed by atoms with Crippen molar-refractivity contribution in [3.05, 3.63) is 53.1 Å². The highest BCUT2D eigenvalue weighted by atomic mass is 35.5. The normalized spacial score (nSPS) is 11.4. The zero-order valence-electron chi connectivity index (χ0n) is 12.0. The van der Waals surface area contributed by atoms with Crippen molar-refractivity contribution in [1.29, 1.82) is 0 Å². The second-order valence-corrected chi connectivity index (χ2v) is 6.93. The summed E-state index contributed by atoms with van der Waals surface area (Å²) in [7, 11) is -3.55. The number of nitrogens with one attached hydrogen (secondary N) is 1. The van der Waals surface area contributed by atoms with Crippen molar-refractivity contribution in [1.82, 2.24) is 4.72 Å². The van der Waals surface area contributed by atoms with Crippen LogP contribution in [0.1, 0.15) is 5.56 Å². The Balaban J connectivity index is 1.89. The van der Waals surface area contributed by atoms with Gasteiger partial charge in [0.25, 0.3) is 0 Å². The Morgan fingerprint density at radius 1 is 1.18 bits per heavy atom. The fourth-order valence-corrected chi connectivity index (χ4v) is 3.08. The highest BCUT2D eigenvalue weighted by Gasteiger charge is 2.12. The minimum absolute atomic E-state index is 0.161. The van der Waals surface area contributed by atoms with Gasteiger partial charge in [0.2, 0.25) is 10.0 Å². The fourth-order valence-electron chi connectivity index (χ4n) is 1.84. The summed E-state index contributed by atoms with van der Waals surface area (Å²) < 4.78 is 32.1. The molecule has 0 saturated carbocycles. The lowest BCUT2D eigenvalue weighted by molar-refractivity contribution is 0.320. The number of sulfonamides is 1. The summed E-state index contributed by atoms with van der Waals surface area (Å²) >= 11 is 5.86. The molecule has 0 aliphatic rings. The van der Waals surface area contributed by atoms with Crippen molar-refractivity contribution < 1.29 is 13.2 Å². The van der Waals surface area contributed by atoms with E-state index in [0.29, 0.717) is 16.5 Å². The van der Waals surface area contributed by atoms with E-state index in [1.165, 1.54) is 12.1 Å². The molecule has 0 fully saturated rings. The summed E-state index contributed by atoms with van der Waals surface area (Å²) in [4.78, 5) is 0.171. The molecule has 0 aromatic heterocycles. The SMILES string of the molecule is Cc1cc(Cl)ccc1OCCNS(=O)(=O)c1ccc(N)cc1. The topological polar surface area (TPSA) is 81.4 Å². The summed E-state index contributed by atoms with van der Waals surface area (Å²) in [6, 6.07) is 11.3. The van der Waals surface area contributed by atoms with Crippen molar-refractivity contribution >= 4 is 27.3 Å². The molecular formula is C15H17ClN2O3S. The van der Waals surface area contributed by atoms with E-state index in [9.17, 15) is 8.42 Å². The molecule has 0 saturated heterocycles. The predicted molar refractivity (Wildman–Crippen MR) is 87.7 cm³/mol. The van der Waals surface area contributed by atoms with E-state index < -0.39 is 10.0 Å². The zero-order chi connectivity index (χ0) is 16.2. The van der Waals surface area contributed by atoms with Gasteiger partial charge in [0.05, 0.1) is 4.90 Å². The fraction of sp³-hybridized carbons (Fsp3) is 0.200. The second kappa shape index (κ2) is 7.00. The molecule has 0 unspecified atom stereocenters. The third-order valence-corrected chi connectivity index (χ3v) is 4.69. The van der Waals surface area contributed by atoms with Crippen LogP contribution in [0.25, 0.3) is 0 Å². The molecule has 0 aliphatic carbocycles. The quantitative estimate of drug-likeness (QED) is 0.625. The minimum Gasteiger partial charge on any atom is -0.492 e. The zero-order valence-corrected chi connectivity index (χ0v) is 13.6. The van der Waals surface area contributed by atoms with Crippen LogP contribution < -0.4 is 15.2 Å². The Kier molecular flexibility index (Phi) is 5.28. The van der Waals surface area contributed by atoms with E-state index in [-0.39, 0.29) is 18.0 Å².